The Morgan fingerprint density at radius 3 is 1.38 bits per heavy atom. The number of aliphatic hydroxyl groups excluding tert-OH is 1. The van der Waals surface area contributed by atoms with Crippen molar-refractivity contribution in [2.45, 2.75) is 258 Å². The average Bonchev–Trinajstić information content (AvgIpc) is 3.14. The van der Waals surface area contributed by atoms with Crippen LogP contribution in [0.2, 0.25) is 0 Å². The minimum absolute atomic E-state index is 0.0101. The summed E-state index contributed by atoms with van der Waals surface area (Å²) in [6, 6.07) is 0. The van der Waals surface area contributed by atoms with Crippen molar-refractivity contribution in [3.8, 4) is 0 Å². The summed E-state index contributed by atoms with van der Waals surface area (Å²) in [4.78, 5) is 26.6. The Bertz CT molecular complexity index is 750. The van der Waals surface area contributed by atoms with Crippen molar-refractivity contribution in [1.29, 1.82) is 0 Å². The molecule has 1 atom stereocenters. The third-order valence-electron chi connectivity index (χ3n) is 10.8. The number of nitrogens with two attached hydrogens (primary N) is 1. The molecule has 0 radical (unpaired) electrons. The van der Waals surface area contributed by atoms with E-state index in [-0.39, 0.29) is 18.0 Å². The van der Waals surface area contributed by atoms with Crippen LogP contribution >= 0.6 is 0 Å². The fourth-order valence-electron chi connectivity index (χ4n) is 7.31. The number of amides is 1. The maximum absolute atomic E-state index is 12.8. The SMILES string of the molecule is CCCCCCCCCOC(O)CCCCCCCN(CCCCCCCC(=O)OC(CCCCCCCC)CCCCCCCC)CCCC(N)=O. The van der Waals surface area contributed by atoms with Crippen LogP contribution in [-0.4, -0.2) is 60.5 Å². The summed E-state index contributed by atoms with van der Waals surface area (Å²) in [5, 5.41) is 10.1. The first kappa shape index (κ1) is 51.8. The van der Waals surface area contributed by atoms with Crippen molar-refractivity contribution in [1.82, 2.24) is 4.90 Å². The molecule has 0 saturated heterocycles. The second-order valence-electron chi connectivity index (χ2n) is 16.2. The molecule has 0 heterocycles. The van der Waals surface area contributed by atoms with Gasteiger partial charge in [0.1, 0.15) is 6.10 Å². The van der Waals surface area contributed by atoms with Crippen LogP contribution in [0.4, 0.5) is 0 Å². The number of nitrogens with zero attached hydrogens (tertiary/aromatic N) is 1. The Morgan fingerprint density at radius 2 is 0.887 bits per heavy atom. The van der Waals surface area contributed by atoms with Crippen LogP contribution in [0.3, 0.4) is 0 Å². The van der Waals surface area contributed by atoms with Gasteiger partial charge in [-0.1, -0.05) is 162 Å². The minimum atomic E-state index is -0.614. The van der Waals surface area contributed by atoms with Gasteiger partial charge in [0.25, 0.3) is 0 Å². The lowest BCUT2D eigenvalue weighted by Gasteiger charge is -2.22. The summed E-state index contributed by atoms with van der Waals surface area (Å²) in [5.41, 5.74) is 5.41. The number of esters is 1. The van der Waals surface area contributed by atoms with Crippen LogP contribution in [0.1, 0.15) is 245 Å². The molecule has 316 valence electrons. The minimum Gasteiger partial charge on any atom is -0.462 e. The van der Waals surface area contributed by atoms with Crippen molar-refractivity contribution in [3.05, 3.63) is 0 Å². The highest BCUT2D eigenvalue weighted by atomic mass is 16.6. The van der Waals surface area contributed by atoms with Crippen LogP contribution in [0.15, 0.2) is 0 Å². The monoisotopic (exact) mass is 753 g/mol. The van der Waals surface area contributed by atoms with Gasteiger partial charge in [-0.3, -0.25) is 9.59 Å². The molecule has 7 nitrogen and oxygen atoms in total. The molecule has 0 aliphatic carbocycles. The number of carbonyl (C=O) groups is 2. The first-order valence-corrected chi connectivity index (χ1v) is 23.4. The van der Waals surface area contributed by atoms with Gasteiger partial charge < -0.3 is 25.2 Å². The molecule has 0 spiro atoms. The summed E-state index contributed by atoms with van der Waals surface area (Å²) in [5.74, 6) is -0.205. The molecule has 3 N–H and O–H groups in total. The predicted octanol–water partition coefficient (Wildman–Crippen LogP) is 12.7. The highest BCUT2D eigenvalue weighted by Gasteiger charge is 2.14. The van der Waals surface area contributed by atoms with Gasteiger partial charge in [-0.2, -0.15) is 0 Å². The van der Waals surface area contributed by atoms with E-state index in [0.717, 1.165) is 96.7 Å². The van der Waals surface area contributed by atoms with E-state index in [1.807, 2.05) is 0 Å². The number of ether oxygens (including phenoxy) is 2. The van der Waals surface area contributed by atoms with E-state index < -0.39 is 6.29 Å². The van der Waals surface area contributed by atoms with E-state index in [2.05, 4.69) is 25.7 Å². The topological polar surface area (TPSA) is 102 Å². The molecule has 1 amide bonds. The van der Waals surface area contributed by atoms with Gasteiger partial charge in [0.05, 0.1) is 0 Å². The molecule has 53 heavy (non-hydrogen) atoms. The summed E-state index contributed by atoms with van der Waals surface area (Å²) in [6.07, 6.45) is 39.4. The lowest BCUT2D eigenvalue weighted by Crippen LogP contribution is -2.28. The largest absolute Gasteiger partial charge is 0.462 e. The standard InChI is InChI=1S/C46H92N2O5/c1-4-7-10-13-16-25-32-42-52-45(50)37-28-21-17-23-30-39-48(41-33-36-44(47)49)40-31-24-18-22-29-38-46(51)53-43(34-26-19-14-11-8-5-2)35-27-20-15-12-9-6-3/h43,45,50H,4-42H2,1-3H3,(H2,47,49). The fourth-order valence-corrected chi connectivity index (χ4v) is 7.31. The van der Waals surface area contributed by atoms with Gasteiger partial charge in [-0.15, -0.1) is 0 Å². The molecule has 0 fully saturated rings. The predicted molar refractivity (Wildman–Crippen MR) is 226 cm³/mol. The van der Waals surface area contributed by atoms with E-state index >= 15 is 0 Å². The van der Waals surface area contributed by atoms with Crippen LogP contribution in [0.25, 0.3) is 0 Å². The summed E-state index contributed by atoms with van der Waals surface area (Å²) >= 11 is 0. The number of unbranched alkanes of at least 4 members (excludes halogenated alkanes) is 24. The number of hydrogen-bond acceptors (Lipinski definition) is 6. The molecular weight excluding hydrogens is 661 g/mol. The second-order valence-corrected chi connectivity index (χ2v) is 16.2. The first-order chi connectivity index (χ1) is 25.9. The fraction of sp³-hybridized carbons (Fsp3) is 0.957. The number of rotatable bonds is 44. The van der Waals surface area contributed by atoms with Crippen LogP contribution in [0, 0.1) is 0 Å². The molecule has 0 aliphatic rings. The van der Waals surface area contributed by atoms with Crippen molar-refractivity contribution in [2.75, 3.05) is 26.2 Å². The van der Waals surface area contributed by atoms with Gasteiger partial charge in [0.2, 0.25) is 5.91 Å². The maximum Gasteiger partial charge on any atom is 0.306 e. The zero-order valence-corrected chi connectivity index (χ0v) is 35.8. The molecule has 0 rings (SSSR count). The highest BCUT2D eigenvalue weighted by molar-refractivity contribution is 5.73. The Morgan fingerprint density at radius 1 is 0.491 bits per heavy atom. The molecule has 0 bridgehead atoms. The van der Waals surface area contributed by atoms with E-state index in [9.17, 15) is 14.7 Å². The molecule has 1 unspecified atom stereocenters. The van der Waals surface area contributed by atoms with Gasteiger partial charge in [-0.25, -0.2) is 0 Å². The molecule has 0 aromatic rings. The molecule has 7 heteroatoms. The molecule has 0 saturated carbocycles. The number of hydrogen-bond donors (Lipinski definition) is 2. The van der Waals surface area contributed by atoms with Gasteiger partial charge >= 0.3 is 5.97 Å². The Balaban J connectivity index is 4.17. The van der Waals surface area contributed by atoms with E-state index in [0.29, 0.717) is 19.4 Å². The average molecular weight is 753 g/mol. The quantitative estimate of drug-likeness (QED) is 0.0365. The molecule has 0 aromatic heterocycles. The highest BCUT2D eigenvalue weighted by Crippen LogP contribution is 2.19. The smallest absolute Gasteiger partial charge is 0.306 e. The zero-order valence-electron chi connectivity index (χ0n) is 35.8. The van der Waals surface area contributed by atoms with Crippen molar-refractivity contribution >= 4 is 11.9 Å². The molecular formula is C46H92N2O5. The number of carbonyl (C=O) groups excluding carboxylic acids is 2. The Kier molecular flexibility index (Phi) is 41.0. The van der Waals surface area contributed by atoms with Gasteiger partial charge in [-0.05, 0) is 90.3 Å². The maximum atomic E-state index is 12.8. The number of primary amides is 1. The van der Waals surface area contributed by atoms with E-state index in [4.69, 9.17) is 15.2 Å². The number of aliphatic hydroxyl groups is 1. The van der Waals surface area contributed by atoms with Crippen LogP contribution < -0.4 is 5.73 Å². The lowest BCUT2D eigenvalue weighted by molar-refractivity contribution is -0.150. The Labute approximate surface area is 330 Å². The van der Waals surface area contributed by atoms with E-state index in [1.165, 1.54) is 135 Å². The zero-order chi connectivity index (χ0) is 38.9. The van der Waals surface area contributed by atoms with Crippen LogP contribution in [-0.2, 0) is 19.1 Å². The van der Waals surface area contributed by atoms with Crippen LogP contribution in [0.5, 0.6) is 0 Å². The third-order valence-corrected chi connectivity index (χ3v) is 10.8. The summed E-state index contributed by atoms with van der Waals surface area (Å²) in [7, 11) is 0. The van der Waals surface area contributed by atoms with Gasteiger partial charge in [0, 0.05) is 19.4 Å². The normalized spacial score (nSPS) is 12.3. The first-order valence-electron chi connectivity index (χ1n) is 23.4. The van der Waals surface area contributed by atoms with Crippen molar-refractivity contribution < 1.29 is 24.2 Å². The van der Waals surface area contributed by atoms with Gasteiger partial charge in [0.15, 0.2) is 6.29 Å². The van der Waals surface area contributed by atoms with Crippen molar-refractivity contribution in [3.63, 3.8) is 0 Å². The lowest BCUT2D eigenvalue weighted by atomic mass is 10.0. The summed E-state index contributed by atoms with van der Waals surface area (Å²) < 4.78 is 11.7. The summed E-state index contributed by atoms with van der Waals surface area (Å²) in [6.45, 7) is 10.5. The molecule has 0 aliphatic heterocycles. The van der Waals surface area contributed by atoms with E-state index in [1.54, 1.807) is 0 Å². The molecule has 0 aromatic carbocycles. The Hall–Kier alpha value is -1.18. The third kappa shape index (κ3) is 40.3. The van der Waals surface area contributed by atoms with Crippen molar-refractivity contribution in [2.24, 2.45) is 5.73 Å². The second kappa shape index (κ2) is 42.0.